The van der Waals surface area contributed by atoms with Crippen molar-refractivity contribution in [2.45, 2.75) is 82.6 Å². The van der Waals surface area contributed by atoms with Gasteiger partial charge in [-0.3, -0.25) is 4.79 Å². The van der Waals surface area contributed by atoms with Gasteiger partial charge in [-0.05, 0) is 42.2 Å². The van der Waals surface area contributed by atoms with Crippen molar-refractivity contribution in [2.24, 2.45) is 0 Å². The van der Waals surface area contributed by atoms with Crippen molar-refractivity contribution in [3.05, 3.63) is 35.4 Å². The van der Waals surface area contributed by atoms with Gasteiger partial charge < -0.3 is 15.2 Å². The van der Waals surface area contributed by atoms with E-state index in [2.05, 4.69) is 38.2 Å². The number of benzene rings is 1. The number of fused-ring (bicyclic) bond motifs is 2. The minimum atomic E-state index is -0.596. The topological polar surface area (TPSA) is 58.6 Å². The summed E-state index contributed by atoms with van der Waals surface area (Å²) < 4.78 is 5.76. The molecule has 2 bridgehead atoms. The maximum Gasteiger partial charge on any atom is 0.220 e. The zero-order valence-electron chi connectivity index (χ0n) is 14.9. The van der Waals surface area contributed by atoms with Gasteiger partial charge in [-0.25, -0.2) is 0 Å². The highest BCUT2D eigenvalue weighted by atomic mass is 16.5. The third-order valence-corrected chi connectivity index (χ3v) is 5.26. The summed E-state index contributed by atoms with van der Waals surface area (Å²) in [7, 11) is 0. The van der Waals surface area contributed by atoms with Gasteiger partial charge in [0.25, 0.3) is 0 Å². The van der Waals surface area contributed by atoms with Gasteiger partial charge in [0.05, 0.1) is 24.4 Å². The third-order valence-electron chi connectivity index (χ3n) is 5.26. The summed E-state index contributed by atoms with van der Waals surface area (Å²) in [5.41, 5.74) is 2.22. The summed E-state index contributed by atoms with van der Waals surface area (Å²) in [5, 5.41) is 13.4. The lowest BCUT2D eigenvalue weighted by molar-refractivity contribution is -0.122. The molecule has 0 aliphatic carbocycles. The molecule has 0 saturated carbocycles. The summed E-state index contributed by atoms with van der Waals surface area (Å²) >= 11 is 0. The second kappa shape index (κ2) is 6.85. The SMILES string of the molecule is CC(C)(C)c1ccc(C(O)CCC(=O)NC2CC3CCC2O3)cc1. The minimum Gasteiger partial charge on any atom is -0.388 e. The standard InChI is InChI=1S/C20H29NO3/c1-20(2,3)14-6-4-13(5-7-14)17(22)9-11-19(23)21-16-12-15-8-10-18(16)24-15/h4-7,15-18,22H,8-12H2,1-3H3,(H,21,23). The Balaban J connectivity index is 1.46. The number of hydrogen-bond acceptors (Lipinski definition) is 3. The summed E-state index contributed by atoms with van der Waals surface area (Å²) in [6.45, 7) is 6.51. The molecule has 0 spiro atoms. The highest BCUT2D eigenvalue weighted by Gasteiger charge is 2.41. The van der Waals surface area contributed by atoms with E-state index < -0.39 is 6.10 Å². The van der Waals surface area contributed by atoms with Gasteiger partial charge in [-0.1, -0.05) is 45.0 Å². The molecular formula is C20H29NO3. The summed E-state index contributed by atoms with van der Waals surface area (Å²) in [6.07, 6.45) is 3.85. The molecule has 2 heterocycles. The molecule has 1 amide bonds. The van der Waals surface area contributed by atoms with Crippen LogP contribution in [0.3, 0.4) is 0 Å². The van der Waals surface area contributed by atoms with Gasteiger partial charge in [-0.15, -0.1) is 0 Å². The number of carbonyl (C=O) groups excluding carboxylic acids is 1. The van der Waals surface area contributed by atoms with E-state index in [1.54, 1.807) is 0 Å². The Morgan fingerprint density at radius 2 is 2.00 bits per heavy atom. The molecule has 2 fully saturated rings. The average molecular weight is 331 g/mol. The van der Waals surface area contributed by atoms with Gasteiger partial charge >= 0.3 is 0 Å². The maximum absolute atomic E-state index is 12.1. The van der Waals surface area contributed by atoms with Crippen molar-refractivity contribution in [2.75, 3.05) is 0 Å². The van der Waals surface area contributed by atoms with E-state index in [1.807, 2.05) is 12.1 Å². The Bertz CT molecular complexity index is 576. The minimum absolute atomic E-state index is 0.0153. The first-order valence-corrected chi connectivity index (χ1v) is 9.06. The van der Waals surface area contributed by atoms with Crippen LogP contribution >= 0.6 is 0 Å². The van der Waals surface area contributed by atoms with Gasteiger partial charge in [0, 0.05) is 6.42 Å². The van der Waals surface area contributed by atoms with Crippen LogP contribution in [0.25, 0.3) is 0 Å². The molecule has 4 atom stereocenters. The molecule has 4 nitrogen and oxygen atoms in total. The number of rotatable bonds is 5. The average Bonchev–Trinajstić information content (AvgIpc) is 3.14. The monoisotopic (exact) mass is 331 g/mol. The van der Waals surface area contributed by atoms with Crippen molar-refractivity contribution in [3.8, 4) is 0 Å². The molecule has 4 unspecified atom stereocenters. The van der Waals surface area contributed by atoms with Crippen LogP contribution in [0.2, 0.25) is 0 Å². The fourth-order valence-corrected chi connectivity index (χ4v) is 3.71. The van der Waals surface area contributed by atoms with Crippen LogP contribution in [0.1, 0.15) is 70.1 Å². The molecule has 4 heteroatoms. The maximum atomic E-state index is 12.1. The Kier molecular flexibility index (Phi) is 4.97. The lowest BCUT2D eigenvalue weighted by Crippen LogP contribution is -2.41. The van der Waals surface area contributed by atoms with E-state index in [4.69, 9.17) is 4.74 Å². The Morgan fingerprint density at radius 1 is 1.29 bits per heavy atom. The fourth-order valence-electron chi connectivity index (χ4n) is 3.71. The molecule has 0 radical (unpaired) electrons. The Labute approximate surface area is 144 Å². The summed E-state index contributed by atoms with van der Waals surface area (Å²) in [6, 6.07) is 8.22. The van der Waals surface area contributed by atoms with Gasteiger partial charge in [0.1, 0.15) is 0 Å². The second-order valence-electron chi connectivity index (χ2n) is 8.21. The molecule has 1 aromatic carbocycles. The van der Waals surface area contributed by atoms with Gasteiger partial charge in [0.15, 0.2) is 0 Å². The number of nitrogens with one attached hydrogen (secondary N) is 1. The van der Waals surface area contributed by atoms with E-state index >= 15 is 0 Å². The number of amides is 1. The largest absolute Gasteiger partial charge is 0.388 e. The van der Waals surface area contributed by atoms with Crippen LogP contribution in [0, 0.1) is 0 Å². The van der Waals surface area contributed by atoms with Crippen LogP contribution in [0.5, 0.6) is 0 Å². The molecule has 24 heavy (non-hydrogen) atoms. The summed E-state index contributed by atoms with van der Waals surface area (Å²) in [4.78, 5) is 12.1. The number of aliphatic hydroxyl groups is 1. The van der Waals surface area contributed by atoms with E-state index in [-0.39, 0.29) is 23.5 Å². The van der Waals surface area contributed by atoms with Crippen LogP contribution < -0.4 is 5.32 Å². The van der Waals surface area contributed by atoms with Gasteiger partial charge in [-0.2, -0.15) is 0 Å². The first kappa shape index (κ1) is 17.4. The first-order valence-electron chi connectivity index (χ1n) is 9.06. The first-order chi connectivity index (χ1) is 11.3. The fraction of sp³-hybridized carbons (Fsp3) is 0.650. The highest BCUT2D eigenvalue weighted by Crippen LogP contribution is 2.34. The number of carbonyl (C=O) groups is 1. The molecule has 0 aromatic heterocycles. The summed E-state index contributed by atoms with van der Waals surface area (Å²) in [5.74, 6) is 0.0153. The molecule has 3 rings (SSSR count). The Morgan fingerprint density at radius 3 is 2.54 bits per heavy atom. The molecule has 132 valence electrons. The molecule has 1 aromatic rings. The normalized spacial score (nSPS) is 27.2. The predicted molar refractivity (Wildman–Crippen MR) is 93.8 cm³/mol. The van der Waals surface area contributed by atoms with Gasteiger partial charge in [0.2, 0.25) is 5.91 Å². The number of ether oxygens (including phenoxy) is 1. The number of aliphatic hydroxyl groups excluding tert-OH is 1. The third kappa shape index (κ3) is 3.98. The molecule has 2 saturated heterocycles. The highest BCUT2D eigenvalue weighted by molar-refractivity contribution is 5.76. The van der Waals surface area contributed by atoms with Crippen molar-refractivity contribution >= 4 is 5.91 Å². The van der Waals surface area contributed by atoms with E-state index in [9.17, 15) is 9.90 Å². The van der Waals surface area contributed by atoms with Crippen molar-refractivity contribution < 1.29 is 14.6 Å². The van der Waals surface area contributed by atoms with Crippen LogP contribution in [-0.2, 0) is 14.9 Å². The van der Waals surface area contributed by atoms with Crippen LogP contribution in [0.15, 0.2) is 24.3 Å². The zero-order chi connectivity index (χ0) is 17.3. The van der Waals surface area contributed by atoms with E-state index in [1.165, 1.54) is 5.56 Å². The lowest BCUT2D eigenvalue weighted by Gasteiger charge is -2.21. The molecule has 2 N–H and O–H groups in total. The zero-order valence-corrected chi connectivity index (χ0v) is 14.9. The number of hydrogen-bond donors (Lipinski definition) is 2. The molecule has 2 aliphatic rings. The lowest BCUT2D eigenvalue weighted by atomic mass is 9.86. The van der Waals surface area contributed by atoms with E-state index in [0.717, 1.165) is 24.8 Å². The van der Waals surface area contributed by atoms with Crippen molar-refractivity contribution in [1.82, 2.24) is 5.32 Å². The van der Waals surface area contributed by atoms with Crippen molar-refractivity contribution in [3.63, 3.8) is 0 Å². The second-order valence-corrected chi connectivity index (χ2v) is 8.21. The quantitative estimate of drug-likeness (QED) is 0.871. The van der Waals surface area contributed by atoms with Crippen molar-refractivity contribution in [1.29, 1.82) is 0 Å². The molecule has 2 aliphatic heterocycles. The smallest absolute Gasteiger partial charge is 0.220 e. The van der Waals surface area contributed by atoms with Crippen LogP contribution in [-0.4, -0.2) is 29.3 Å². The predicted octanol–water partition coefficient (Wildman–Crippen LogP) is 3.23. The van der Waals surface area contributed by atoms with E-state index in [0.29, 0.717) is 18.9 Å². The Hall–Kier alpha value is -1.39. The molecular weight excluding hydrogens is 302 g/mol. The van der Waals surface area contributed by atoms with Crippen LogP contribution in [0.4, 0.5) is 0 Å².